The van der Waals surface area contributed by atoms with Crippen LogP contribution in [0.3, 0.4) is 0 Å². The molecule has 0 aliphatic carbocycles. The molecule has 0 spiro atoms. The number of carbonyl (C=O) groups is 1. The van der Waals surface area contributed by atoms with Gasteiger partial charge in [-0.2, -0.15) is 0 Å². The van der Waals surface area contributed by atoms with E-state index in [1.807, 2.05) is 42.5 Å². The molecule has 0 saturated heterocycles. The molecule has 0 bridgehead atoms. The fourth-order valence-electron chi connectivity index (χ4n) is 1.72. The average molecular weight is 280 g/mol. The van der Waals surface area contributed by atoms with Crippen LogP contribution in [0.4, 0.5) is 5.69 Å². The fraction of sp³-hybridized carbons (Fsp3) is 0.118. The minimum absolute atomic E-state index is 0.151. The Labute approximate surface area is 124 Å². The molecule has 4 heteroatoms. The molecule has 0 saturated carbocycles. The van der Waals surface area contributed by atoms with E-state index in [1.54, 1.807) is 12.1 Å². The molecule has 21 heavy (non-hydrogen) atoms. The van der Waals surface area contributed by atoms with Crippen LogP contribution in [0.25, 0.3) is 0 Å². The molecular formula is C17H16N2O2. The fourth-order valence-corrected chi connectivity index (χ4v) is 1.72. The molecule has 2 aromatic rings. The Hall–Kier alpha value is -2.77. The summed E-state index contributed by atoms with van der Waals surface area (Å²) < 4.78 is 5.71. The second kappa shape index (κ2) is 7.73. The van der Waals surface area contributed by atoms with Crippen LogP contribution in [-0.2, 0) is 4.79 Å². The van der Waals surface area contributed by atoms with Gasteiger partial charge in [0.25, 0.3) is 0 Å². The Morgan fingerprint density at radius 2 is 1.86 bits per heavy atom. The SMILES string of the molecule is C#CCNCC(=O)Nc1cccc(Oc2ccccc2)c1. The van der Waals surface area contributed by atoms with E-state index in [4.69, 9.17) is 11.2 Å². The van der Waals surface area contributed by atoms with Gasteiger partial charge in [0, 0.05) is 11.8 Å². The van der Waals surface area contributed by atoms with Crippen LogP contribution in [0.1, 0.15) is 0 Å². The average Bonchev–Trinajstić information content (AvgIpc) is 2.49. The van der Waals surface area contributed by atoms with Crippen LogP contribution in [0.2, 0.25) is 0 Å². The molecule has 0 aliphatic heterocycles. The molecule has 0 radical (unpaired) electrons. The summed E-state index contributed by atoms with van der Waals surface area (Å²) in [4.78, 5) is 11.7. The van der Waals surface area contributed by atoms with Gasteiger partial charge in [0.1, 0.15) is 11.5 Å². The van der Waals surface area contributed by atoms with Crippen molar-refractivity contribution < 1.29 is 9.53 Å². The largest absolute Gasteiger partial charge is 0.457 e. The lowest BCUT2D eigenvalue weighted by Crippen LogP contribution is -2.28. The van der Waals surface area contributed by atoms with Crippen molar-refractivity contribution >= 4 is 11.6 Å². The quantitative estimate of drug-likeness (QED) is 0.632. The zero-order valence-electron chi connectivity index (χ0n) is 11.5. The van der Waals surface area contributed by atoms with Crippen LogP contribution in [0, 0.1) is 12.3 Å². The third-order valence-corrected chi connectivity index (χ3v) is 2.61. The lowest BCUT2D eigenvalue weighted by molar-refractivity contribution is -0.115. The van der Waals surface area contributed by atoms with Crippen molar-refractivity contribution in [2.45, 2.75) is 0 Å². The van der Waals surface area contributed by atoms with E-state index < -0.39 is 0 Å². The molecule has 0 aromatic heterocycles. The van der Waals surface area contributed by atoms with Crippen LogP contribution >= 0.6 is 0 Å². The van der Waals surface area contributed by atoms with E-state index in [0.717, 1.165) is 5.75 Å². The number of nitrogens with one attached hydrogen (secondary N) is 2. The molecule has 2 rings (SSSR count). The lowest BCUT2D eigenvalue weighted by Gasteiger charge is -2.09. The number of amides is 1. The van der Waals surface area contributed by atoms with E-state index in [9.17, 15) is 4.79 Å². The number of carbonyl (C=O) groups excluding carboxylic acids is 1. The molecular weight excluding hydrogens is 264 g/mol. The van der Waals surface area contributed by atoms with E-state index >= 15 is 0 Å². The van der Waals surface area contributed by atoms with Crippen molar-refractivity contribution in [3.8, 4) is 23.8 Å². The van der Waals surface area contributed by atoms with E-state index in [2.05, 4.69) is 16.6 Å². The highest BCUT2D eigenvalue weighted by Crippen LogP contribution is 2.23. The molecule has 4 nitrogen and oxygen atoms in total. The summed E-state index contributed by atoms with van der Waals surface area (Å²) in [6.45, 7) is 0.540. The number of ether oxygens (including phenoxy) is 1. The molecule has 0 heterocycles. The summed E-state index contributed by atoms with van der Waals surface area (Å²) in [5.41, 5.74) is 0.677. The summed E-state index contributed by atoms with van der Waals surface area (Å²) >= 11 is 0. The smallest absolute Gasteiger partial charge is 0.238 e. The van der Waals surface area contributed by atoms with Gasteiger partial charge in [-0.05, 0) is 24.3 Å². The van der Waals surface area contributed by atoms with Gasteiger partial charge in [-0.15, -0.1) is 6.42 Å². The predicted octanol–water partition coefficient (Wildman–Crippen LogP) is 2.64. The first-order valence-electron chi connectivity index (χ1n) is 6.55. The van der Waals surface area contributed by atoms with Crippen LogP contribution < -0.4 is 15.4 Å². The minimum atomic E-state index is -0.151. The Bertz CT molecular complexity index is 633. The van der Waals surface area contributed by atoms with Gasteiger partial charge in [0.05, 0.1) is 13.1 Å². The molecule has 0 atom stereocenters. The van der Waals surface area contributed by atoms with Gasteiger partial charge >= 0.3 is 0 Å². The number of hydrogen-bond donors (Lipinski definition) is 2. The standard InChI is InChI=1S/C17H16N2O2/c1-2-11-18-13-17(20)19-14-7-6-10-16(12-14)21-15-8-4-3-5-9-15/h1,3-10,12,18H,11,13H2,(H,19,20). The number of benzene rings is 2. The first-order chi connectivity index (χ1) is 10.3. The van der Waals surface area contributed by atoms with Crippen LogP contribution in [0.5, 0.6) is 11.5 Å². The highest BCUT2D eigenvalue weighted by Gasteiger charge is 2.03. The van der Waals surface area contributed by atoms with Gasteiger partial charge in [0.15, 0.2) is 0 Å². The molecule has 1 amide bonds. The maximum Gasteiger partial charge on any atom is 0.238 e. The summed E-state index contributed by atoms with van der Waals surface area (Å²) in [6.07, 6.45) is 5.10. The molecule has 0 fully saturated rings. The highest BCUT2D eigenvalue weighted by atomic mass is 16.5. The van der Waals surface area contributed by atoms with Gasteiger partial charge < -0.3 is 10.1 Å². The number of anilines is 1. The lowest BCUT2D eigenvalue weighted by atomic mass is 10.3. The summed E-state index contributed by atoms with van der Waals surface area (Å²) in [5, 5.41) is 5.61. The third-order valence-electron chi connectivity index (χ3n) is 2.61. The normalized spacial score (nSPS) is 9.67. The maximum atomic E-state index is 11.7. The Balaban J connectivity index is 1.95. The van der Waals surface area contributed by atoms with Gasteiger partial charge in [0.2, 0.25) is 5.91 Å². The van der Waals surface area contributed by atoms with Crippen molar-refractivity contribution in [2.75, 3.05) is 18.4 Å². The number of rotatable bonds is 6. The van der Waals surface area contributed by atoms with Crippen molar-refractivity contribution in [1.29, 1.82) is 0 Å². The number of terminal acetylenes is 1. The maximum absolute atomic E-state index is 11.7. The van der Waals surface area contributed by atoms with Gasteiger partial charge in [-0.1, -0.05) is 30.2 Å². The van der Waals surface area contributed by atoms with Gasteiger partial charge in [-0.3, -0.25) is 10.1 Å². The topological polar surface area (TPSA) is 50.4 Å². The van der Waals surface area contributed by atoms with E-state index in [-0.39, 0.29) is 12.5 Å². The molecule has 0 aliphatic rings. The summed E-state index contributed by atoms with van der Waals surface area (Å²) in [5.74, 6) is 3.67. The first-order valence-corrected chi connectivity index (χ1v) is 6.55. The highest BCUT2D eigenvalue weighted by molar-refractivity contribution is 5.92. The Morgan fingerprint density at radius 1 is 1.10 bits per heavy atom. The van der Waals surface area contributed by atoms with E-state index in [1.165, 1.54) is 0 Å². The second-order valence-electron chi connectivity index (χ2n) is 4.30. The van der Waals surface area contributed by atoms with Crippen LogP contribution in [0.15, 0.2) is 54.6 Å². The first kappa shape index (κ1) is 14.6. The monoisotopic (exact) mass is 280 g/mol. The summed E-state index contributed by atoms with van der Waals surface area (Å²) in [7, 11) is 0. The zero-order chi connectivity index (χ0) is 14.9. The number of para-hydroxylation sites is 1. The zero-order valence-corrected chi connectivity index (χ0v) is 11.5. The van der Waals surface area contributed by atoms with Crippen molar-refractivity contribution in [3.63, 3.8) is 0 Å². The third kappa shape index (κ3) is 5.01. The van der Waals surface area contributed by atoms with Crippen molar-refractivity contribution in [1.82, 2.24) is 5.32 Å². The summed E-state index contributed by atoms with van der Waals surface area (Å²) in [6, 6.07) is 16.7. The van der Waals surface area contributed by atoms with Crippen molar-refractivity contribution in [2.24, 2.45) is 0 Å². The minimum Gasteiger partial charge on any atom is -0.457 e. The molecule has 106 valence electrons. The Kier molecular flexibility index (Phi) is 5.39. The van der Waals surface area contributed by atoms with Crippen molar-refractivity contribution in [3.05, 3.63) is 54.6 Å². The predicted molar refractivity (Wildman–Crippen MR) is 83.3 cm³/mol. The second-order valence-corrected chi connectivity index (χ2v) is 4.30. The molecule has 2 N–H and O–H groups in total. The van der Waals surface area contributed by atoms with E-state index in [0.29, 0.717) is 18.0 Å². The Morgan fingerprint density at radius 3 is 2.62 bits per heavy atom. The number of hydrogen-bond acceptors (Lipinski definition) is 3. The van der Waals surface area contributed by atoms with Gasteiger partial charge in [-0.25, -0.2) is 0 Å². The molecule has 0 unspecified atom stereocenters. The van der Waals surface area contributed by atoms with Crippen LogP contribution in [-0.4, -0.2) is 19.0 Å². The molecule has 2 aromatic carbocycles.